The first-order valence-corrected chi connectivity index (χ1v) is 4.98. The van der Waals surface area contributed by atoms with Crippen molar-refractivity contribution in [2.24, 2.45) is 0 Å². The van der Waals surface area contributed by atoms with Gasteiger partial charge in [0.05, 0.1) is 18.8 Å². The quantitative estimate of drug-likeness (QED) is 0.672. The molecule has 1 N–H and O–H groups in total. The minimum Gasteiger partial charge on any atom is -0.375 e. The lowest BCUT2D eigenvalue weighted by molar-refractivity contribution is 0.00503. The van der Waals surface area contributed by atoms with Crippen LogP contribution in [0.25, 0.3) is 0 Å². The first-order chi connectivity index (χ1) is 6.84. The summed E-state index contributed by atoms with van der Waals surface area (Å²) < 4.78 is 18.6. The normalized spacial score (nSPS) is 29.8. The minimum atomic E-state index is -0.151. The number of halogens is 1. The van der Waals surface area contributed by atoms with Crippen molar-refractivity contribution in [2.75, 3.05) is 13.2 Å². The molecule has 1 aromatic rings. The highest BCUT2D eigenvalue weighted by atomic mass is 19.1. The highest BCUT2D eigenvalue weighted by Gasteiger charge is 2.34. The van der Waals surface area contributed by atoms with Gasteiger partial charge >= 0.3 is 0 Å². The van der Waals surface area contributed by atoms with Gasteiger partial charge in [-0.1, -0.05) is 6.07 Å². The molecular weight excluding hydrogens is 181 g/mol. The Bertz CT molecular complexity index is 366. The van der Waals surface area contributed by atoms with Gasteiger partial charge in [-0.3, -0.25) is 0 Å². The molecular formula is C11H12FNO. The van der Waals surface area contributed by atoms with Crippen LogP contribution in [0.15, 0.2) is 18.2 Å². The van der Waals surface area contributed by atoms with Crippen LogP contribution in [-0.4, -0.2) is 19.3 Å². The Balaban J connectivity index is 2.01. The number of ether oxygens (including phenoxy) is 1. The molecule has 2 aliphatic rings. The van der Waals surface area contributed by atoms with Crippen molar-refractivity contribution in [2.45, 2.75) is 18.6 Å². The molecule has 2 atom stereocenters. The van der Waals surface area contributed by atoms with Gasteiger partial charge in [0.2, 0.25) is 0 Å². The Morgan fingerprint density at radius 3 is 3.29 bits per heavy atom. The van der Waals surface area contributed by atoms with Crippen LogP contribution in [-0.2, 0) is 11.2 Å². The second-order valence-electron chi connectivity index (χ2n) is 3.89. The topological polar surface area (TPSA) is 21.3 Å². The van der Waals surface area contributed by atoms with Gasteiger partial charge in [0, 0.05) is 13.0 Å². The molecule has 1 unspecified atom stereocenters. The van der Waals surface area contributed by atoms with E-state index in [2.05, 4.69) is 5.32 Å². The summed E-state index contributed by atoms with van der Waals surface area (Å²) in [6.07, 6.45) is 1.05. The van der Waals surface area contributed by atoms with Crippen LogP contribution < -0.4 is 5.32 Å². The smallest absolute Gasteiger partial charge is 0.123 e. The number of fused-ring (bicyclic) bond motifs is 3. The van der Waals surface area contributed by atoms with Gasteiger partial charge in [-0.25, -0.2) is 4.39 Å². The van der Waals surface area contributed by atoms with Crippen LogP contribution in [0.2, 0.25) is 0 Å². The molecule has 3 rings (SSSR count). The van der Waals surface area contributed by atoms with Gasteiger partial charge in [-0.15, -0.1) is 0 Å². The van der Waals surface area contributed by atoms with Crippen LogP contribution in [0, 0.1) is 5.82 Å². The van der Waals surface area contributed by atoms with Crippen molar-refractivity contribution in [1.29, 1.82) is 0 Å². The minimum absolute atomic E-state index is 0.151. The highest BCUT2D eigenvalue weighted by molar-refractivity contribution is 5.37. The molecule has 1 saturated heterocycles. The maximum atomic E-state index is 13.0. The Hall–Kier alpha value is -0.930. The van der Waals surface area contributed by atoms with Crippen molar-refractivity contribution in [3.05, 3.63) is 35.1 Å². The van der Waals surface area contributed by atoms with E-state index in [1.165, 1.54) is 11.6 Å². The fourth-order valence-corrected chi connectivity index (χ4v) is 2.41. The monoisotopic (exact) mass is 193 g/mol. The molecule has 0 saturated carbocycles. The lowest BCUT2D eigenvalue weighted by atomic mass is 10.1. The zero-order valence-electron chi connectivity index (χ0n) is 7.79. The molecule has 1 aliphatic heterocycles. The van der Waals surface area contributed by atoms with Crippen molar-refractivity contribution >= 4 is 0 Å². The van der Waals surface area contributed by atoms with Crippen LogP contribution >= 0.6 is 0 Å². The van der Waals surface area contributed by atoms with Gasteiger partial charge in [0.25, 0.3) is 0 Å². The molecule has 0 amide bonds. The van der Waals surface area contributed by atoms with Gasteiger partial charge in [0.15, 0.2) is 0 Å². The molecule has 74 valence electrons. The summed E-state index contributed by atoms with van der Waals surface area (Å²) >= 11 is 0. The van der Waals surface area contributed by atoms with E-state index in [9.17, 15) is 4.39 Å². The summed E-state index contributed by atoms with van der Waals surface area (Å²) in [5.41, 5.74) is 2.30. The molecule has 1 heterocycles. The predicted molar refractivity (Wildman–Crippen MR) is 50.6 cm³/mol. The first-order valence-electron chi connectivity index (χ1n) is 4.98. The molecule has 1 fully saturated rings. The van der Waals surface area contributed by atoms with Gasteiger partial charge in [-0.2, -0.15) is 0 Å². The van der Waals surface area contributed by atoms with Crippen LogP contribution in [0.3, 0.4) is 0 Å². The summed E-state index contributed by atoms with van der Waals surface area (Å²) in [5.74, 6) is -0.151. The Morgan fingerprint density at radius 1 is 1.43 bits per heavy atom. The molecule has 0 aromatic heterocycles. The standard InChI is InChI=1S/C11H12FNO/c12-8-1-2-9-7(5-8)6-10-11(9)13-3-4-14-10/h1-2,5,10-11,13H,3-4,6H2/t10?,11-/m0/s1. The summed E-state index contributed by atoms with van der Waals surface area (Å²) in [5, 5.41) is 3.41. The highest BCUT2D eigenvalue weighted by Crippen LogP contribution is 2.34. The first kappa shape index (κ1) is 8.38. The lowest BCUT2D eigenvalue weighted by Gasteiger charge is -2.27. The number of hydrogen-bond donors (Lipinski definition) is 1. The Morgan fingerprint density at radius 2 is 2.36 bits per heavy atom. The Labute approximate surface area is 82.1 Å². The Kier molecular flexibility index (Phi) is 1.82. The molecule has 1 aliphatic carbocycles. The van der Waals surface area contributed by atoms with E-state index in [-0.39, 0.29) is 18.0 Å². The van der Waals surface area contributed by atoms with E-state index in [1.807, 2.05) is 6.07 Å². The number of nitrogens with one attached hydrogen (secondary N) is 1. The van der Waals surface area contributed by atoms with Crippen molar-refractivity contribution < 1.29 is 9.13 Å². The van der Waals surface area contributed by atoms with E-state index in [4.69, 9.17) is 4.74 Å². The fourth-order valence-electron chi connectivity index (χ4n) is 2.41. The number of hydrogen-bond acceptors (Lipinski definition) is 2. The third-order valence-electron chi connectivity index (χ3n) is 3.03. The van der Waals surface area contributed by atoms with E-state index in [0.717, 1.165) is 25.1 Å². The molecule has 14 heavy (non-hydrogen) atoms. The number of rotatable bonds is 0. The molecule has 0 bridgehead atoms. The predicted octanol–water partition coefficient (Wildman–Crippen LogP) is 1.41. The molecule has 0 radical (unpaired) electrons. The van der Waals surface area contributed by atoms with Crippen molar-refractivity contribution in [1.82, 2.24) is 5.32 Å². The SMILES string of the molecule is Fc1ccc2c(c1)CC1OCCN[C@@H]21. The van der Waals surface area contributed by atoms with Gasteiger partial charge in [-0.05, 0) is 23.3 Å². The molecule has 3 heteroatoms. The van der Waals surface area contributed by atoms with Crippen LogP contribution in [0.4, 0.5) is 4.39 Å². The average Bonchev–Trinajstić information content (AvgIpc) is 2.54. The number of morpholine rings is 1. The van der Waals surface area contributed by atoms with E-state index >= 15 is 0 Å². The van der Waals surface area contributed by atoms with Gasteiger partial charge in [0.1, 0.15) is 5.82 Å². The summed E-state index contributed by atoms with van der Waals surface area (Å²) in [6, 6.07) is 5.30. The summed E-state index contributed by atoms with van der Waals surface area (Å²) in [6.45, 7) is 1.65. The van der Waals surface area contributed by atoms with E-state index in [0.29, 0.717) is 0 Å². The zero-order chi connectivity index (χ0) is 9.54. The van der Waals surface area contributed by atoms with Crippen molar-refractivity contribution in [3.8, 4) is 0 Å². The van der Waals surface area contributed by atoms with E-state index in [1.54, 1.807) is 6.07 Å². The third-order valence-corrected chi connectivity index (χ3v) is 3.03. The maximum absolute atomic E-state index is 13.0. The summed E-state index contributed by atoms with van der Waals surface area (Å²) in [7, 11) is 0. The average molecular weight is 193 g/mol. The van der Waals surface area contributed by atoms with Crippen LogP contribution in [0.5, 0.6) is 0 Å². The maximum Gasteiger partial charge on any atom is 0.123 e. The molecule has 0 spiro atoms. The third kappa shape index (κ3) is 1.16. The van der Waals surface area contributed by atoms with E-state index < -0.39 is 0 Å². The van der Waals surface area contributed by atoms with Gasteiger partial charge < -0.3 is 10.1 Å². The number of benzene rings is 1. The lowest BCUT2D eigenvalue weighted by Crippen LogP contribution is -2.39. The second kappa shape index (κ2) is 3.04. The molecule has 1 aromatic carbocycles. The second-order valence-corrected chi connectivity index (χ2v) is 3.89. The fraction of sp³-hybridized carbons (Fsp3) is 0.455. The molecule has 2 nitrogen and oxygen atoms in total. The van der Waals surface area contributed by atoms with Crippen LogP contribution in [0.1, 0.15) is 17.2 Å². The summed E-state index contributed by atoms with van der Waals surface area (Å²) in [4.78, 5) is 0. The largest absolute Gasteiger partial charge is 0.375 e. The van der Waals surface area contributed by atoms with Crippen molar-refractivity contribution in [3.63, 3.8) is 0 Å². The zero-order valence-corrected chi connectivity index (χ0v) is 7.79.